The lowest BCUT2D eigenvalue weighted by Crippen LogP contribution is -2.49. The third-order valence-electron chi connectivity index (χ3n) is 5.56. The SMILES string of the molecule is CC[C@@H](C(=O)NCc1ccccc1CN1CCCC1)N(c1cccc(Cl)c1)S(C)(=O)=O. The third kappa shape index (κ3) is 6.21. The van der Waals surface area contributed by atoms with E-state index in [9.17, 15) is 13.2 Å². The van der Waals surface area contributed by atoms with Gasteiger partial charge in [-0.05, 0) is 61.7 Å². The molecule has 0 aromatic heterocycles. The number of halogens is 1. The highest BCUT2D eigenvalue weighted by atomic mass is 35.5. The number of likely N-dealkylation sites (tertiary alicyclic amines) is 1. The van der Waals surface area contributed by atoms with E-state index < -0.39 is 16.1 Å². The van der Waals surface area contributed by atoms with Crippen LogP contribution in [0.1, 0.15) is 37.3 Å². The summed E-state index contributed by atoms with van der Waals surface area (Å²) in [6, 6.07) is 13.8. The van der Waals surface area contributed by atoms with Crippen LogP contribution in [0.25, 0.3) is 0 Å². The first kappa shape index (κ1) is 23.6. The largest absolute Gasteiger partial charge is 0.350 e. The molecule has 2 aromatic rings. The van der Waals surface area contributed by atoms with Gasteiger partial charge < -0.3 is 5.32 Å². The minimum Gasteiger partial charge on any atom is -0.350 e. The molecule has 0 bridgehead atoms. The minimum atomic E-state index is -3.69. The molecule has 168 valence electrons. The highest BCUT2D eigenvalue weighted by Gasteiger charge is 2.31. The highest BCUT2D eigenvalue weighted by molar-refractivity contribution is 7.92. The van der Waals surface area contributed by atoms with Crippen LogP contribution in [0, 0.1) is 0 Å². The summed E-state index contributed by atoms with van der Waals surface area (Å²) in [5.74, 6) is -0.330. The molecule has 1 heterocycles. The van der Waals surface area contributed by atoms with Crippen LogP contribution in [0.15, 0.2) is 48.5 Å². The summed E-state index contributed by atoms with van der Waals surface area (Å²) in [4.78, 5) is 15.5. The van der Waals surface area contributed by atoms with E-state index in [1.54, 1.807) is 31.2 Å². The monoisotopic (exact) mass is 463 g/mol. The molecule has 0 spiro atoms. The molecule has 1 aliphatic rings. The summed E-state index contributed by atoms with van der Waals surface area (Å²) in [5.41, 5.74) is 2.62. The summed E-state index contributed by atoms with van der Waals surface area (Å²) in [5, 5.41) is 3.37. The summed E-state index contributed by atoms with van der Waals surface area (Å²) >= 11 is 6.07. The van der Waals surface area contributed by atoms with Crippen molar-refractivity contribution in [2.45, 2.75) is 45.3 Å². The van der Waals surface area contributed by atoms with Crippen LogP contribution >= 0.6 is 11.6 Å². The van der Waals surface area contributed by atoms with Crippen molar-refractivity contribution >= 4 is 33.2 Å². The van der Waals surface area contributed by atoms with Crippen molar-refractivity contribution in [2.75, 3.05) is 23.7 Å². The summed E-state index contributed by atoms with van der Waals surface area (Å²) in [6.07, 6.45) is 3.89. The molecule has 1 fully saturated rings. The normalized spacial score (nSPS) is 15.6. The topological polar surface area (TPSA) is 69.7 Å². The predicted molar refractivity (Wildman–Crippen MR) is 126 cm³/mol. The number of nitrogens with zero attached hydrogens (tertiary/aromatic N) is 2. The van der Waals surface area contributed by atoms with Crippen LogP contribution in [0.3, 0.4) is 0 Å². The first-order valence-corrected chi connectivity index (χ1v) is 12.8. The fourth-order valence-electron chi connectivity index (χ4n) is 4.04. The van der Waals surface area contributed by atoms with Gasteiger partial charge in [-0.2, -0.15) is 0 Å². The van der Waals surface area contributed by atoms with E-state index >= 15 is 0 Å². The molecule has 3 rings (SSSR count). The quantitative estimate of drug-likeness (QED) is 0.614. The Bertz CT molecular complexity index is 1010. The standard InChI is InChI=1S/C23H30ClN3O3S/c1-3-22(27(31(2,29)30)21-12-8-11-20(24)15-21)23(28)25-16-18-9-4-5-10-19(18)17-26-13-6-7-14-26/h4-5,8-12,15,22H,3,6-7,13-14,16-17H2,1-2H3,(H,25,28)/t22-/m0/s1. The fraction of sp³-hybridized carbons (Fsp3) is 0.435. The second kappa shape index (κ2) is 10.5. The third-order valence-corrected chi connectivity index (χ3v) is 6.97. The Labute approximate surface area is 190 Å². The van der Waals surface area contributed by atoms with Crippen molar-refractivity contribution in [1.29, 1.82) is 0 Å². The smallest absolute Gasteiger partial charge is 0.244 e. The van der Waals surface area contributed by atoms with Gasteiger partial charge in [-0.15, -0.1) is 0 Å². The molecule has 1 atom stereocenters. The number of nitrogens with one attached hydrogen (secondary N) is 1. The average Bonchev–Trinajstić information content (AvgIpc) is 3.23. The Morgan fingerprint density at radius 3 is 2.42 bits per heavy atom. The molecule has 0 aliphatic carbocycles. The molecule has 1 amide bonds. The molecule has 31 heavy (non-hydrogen) atoms. The van der Waals surface area contributed by atoms with Gasteiger partial charge >= 0.3 is 0 Å². The zero-order valence-electron chi connectivity index (χ0n) is 18.1. The highest BCUT2D eigenvalue weighted by Crippen LogP contribution is 2.25. The second-order valence-corrected chi connectivity index (χ2v) is 10.2. The number of carbonyl (C=O) groups is 1. The summed E-state index contributed by atoms with van der Waals surface area (Å²) in [6.45, 7) is 5.21. The van der Waals surface area contributed by atoms with Crippen molar-refractivity contribution in [2.24, 2.45) is 0 Å². The van der Waals surface area contributed by atoms with Crippen molar-refractivity contribution in [3.8, 4) is 0 Å². The van der Waals surface area contributed by atoms with E-state index in [0.717, 1.165) is 35.8 Å². The van der Waals surface area contributed by atoms with E-state index in [1.807, 2.05) is 18.2 Å². The van der Waals surface area contributed by atoms with Crippen molar-refractivity contribution in [3.63, 3.8) is 0 Å². The van der Waals surface area contributed by atoms with Crippen molar-refractivity contribution < 1.29 is 13.2 Å². The minimum absolute atomic E-state index is 0.330. The maximum Gasteiger partial charge on any atom is 0.244 e. The van der Waals surface area contributed by atoms with Gasteiger partial charge in [0.05, 0.1) is 11.9 Å². The number of rotatable bonds is 9. The average molecular weight is 464 g/mol. The van der Waals surface area contributed by atoms with Gasteiger partial charge in [-0.1, -0.05) is 48.9 Å². The van der Waals surface area contributed by atoms with Crippen LogP contribution in [0.2, 0.25) is 5.02 Å². The molecule has 0 unspecified atom stereocenters. The molecular weight excluding hydrogens is 434 g/mol. The van der Waals surface area contributed by atoms with E-state index in [2.05, 4.69) is 16.3 Å². The molecule has 8 heteroatoms. The zero-order chi connectivity index (χ0) is 22.4. The van der Waals surface area contributed by atoms with Gasteiger partial charge in [0, 0.05) is 18.1 Å². The van der Waals surface area contributed by atoms with E-state index in [-0.39, 0.29) is 5.91 Å². The molecule has 1 saturated heterocycles. The number of sulfonamides is 1. The Morgan fingerprint density at radius 1 is 1.13 bits per heavy atom. The zero-order valence-corrected chi connectivity index (χ0v) is 19.6. The Hall–Kier alpha value is -2.09. The maximum absolute atomic E-state index is 13.1. The molecule has 2 aromatic carbocycles. The van der Waals surface area contributed by atoms with Crippen LogP contribution in [0.4, 0.5) is 5.69 Å². The number of hydrogen-bond donors (Lipinski definition) is 1. The lowest BCUT2D eigenvalue weighted by molar-refractivity contribution is -0.122. The van der Waals surface area contributed by atoms with Crippen LogP contribution in [-0.2, 0) is 27.9 Å². The van der Waals surface area contributed by atoms with E-state index in [0.29, 0.717) is 23.7 Å². The molecule has 1 aliphatic heterocycles. The van der Waals surface area contributed by atoms with Gasteiger partial charge in [-0.3, -0.25) is 14.0 Å². The molecule has 0 radical (unpaired) electrons. The van der Waals surface area contributed by atoms with E-state index in [1.165, 1.54) is 18.4 Å². The van der Waals surface area contributed by atoms with Gasteiger partial charge in [0.25, 0.3) is 0 Å². The first-order valence-electron chi connectivity index (χ1n) is 10.6. The number of amides is 1. The molecule has 0 saturated carbocycles. The van der Waals surface area contributed by atoms with Crippen LogP contribution in [0.5, 0.6) is 0 Å². The Kier molecular flexibility index (Phi) is 7.97. The maximum atomic E-state index is 13.1. The molecule has 1 N–H and O–H groups in total. The second-order valence-electron chi connectivity index (χ2n) is 7.93. The number of carbonyl (C=O) groups excluding carboxylic acids is 1. The van der Waals surface area contributed by atoms with Gasteiger partial charge in [0.15, 0.2) is 0 Å². The lowest BCUT2D eigenvalue weighted by atomic mass is 10.1. The summed E-state index contributed by atoms with van der Waals surface area (Å²) in [7, 11) is -3.69. The fourth-order valence-corrected chi connectivity index (χ4v) is 5.43. The van der Waals surface area contributed by atoms with Gasteiger partial charge in [-0.25, -0.2) is 8.42 Å². The molecule has 6 nitrogen and oxygen atoms in total. The molecular formula is C23H30ClN3O3S. The van der Waals surface area contributed by atoms with Gasteiger partial charge in [0.2, 0.25) is 15.9 Å². The first-order chi connectivity index (χ1) is 14.8. The summed E-state index contributed by atoms with van der Waals surface area (Å²) < 4.78 is 26.3. The van der Waals surface area contributed by atoms with Gasteiger partial charge in [0.1, 0.15) is 6.04 Å². The van der Waals surface area contributed by atoms with Crippen molar-refractivity contribution in [3.05, 3.63) is 64.7 Å². The van der Waals surface area contributed by atoms with Crippen molar-refractivity contribution in [1.82, 2.24) is 10.2 Å². The number of benzene rings is 2. The number of hydrogen-bond acceptors (Lipinski definition) is 4. The Balaban J connectivity index is 1.76. The number of anilines is 1. The Morgan fingerprint density at radius 2 is 1.81 bits per heavy atom. The van der Waals surface area contributed by atoms with Crippen LogP contribution < -0.4 is 9.62 Å². The predicted octanol–water partition coefficient (Wildman–Crippen LogP) is 3.80. The van der Waals surface area contributed by atoms with E-state index in [4.69, 9.17) is 11.6 Å². The van der Waals surface area contributed by atoms with Crippen LogP contribution in [-0.4, -0.2) is 44.6 Å². The lowest BCUT2D eigenvalue weighted by Gasteiger charge is -2.30.